The number of hydrogen-bond acceptors (Lipinski definition) is 5. The van der Waals surface area contributed by atoms with Crippen LogP contribution < -0.4 is 9.64 Å². The normalized spacial score (nSPS) is 18.3. The van der Waals surface area contributed by atoms with E-state index in [2.05, 4.69) is 15.0 Å². The molecule has 0 spiro atoms. The van der Waals surface area contributed by atoms with Crippen molar-refractivity contribution in [2.24, 2.45) is 5.92 Å². The van der Waals surface area contributed by atoms with Gasteiger partial charge in [-0.1, -0.05) is 11.6 Å². The van der Waals surface area contributed by atoms with Crippen LogP contribution in [0.25, 0.3) is 0 Å². The summed E-state index contributed by atoms with van der Waals surface area (Å²) >= 11 is 5.75. The van der Waals surface area contributed by atoms with Gasteiger partial charge in [0, 0.05) is 37.6 Å². The Morgan fingerprint density at radius 3 is 3.00 bits per heavy atom. The largest absolute Gasteiger partial charge is 0.476 e. The van der Waals surface area contributed by atoms with Gasteiger partial charge in [0.15, 0.2) is 11.6 Å². The van der Waals surface area contributed by atoms with E-state index in [1.165, 1.54) is 12.3 Å². The van der Waals surface area contributed by atoms with Gasteiger partial charge < -0.3 is 9.64 Å². The molecule has 1 aliphatic rings. The average molecular weight is 323 g/mol. The van der Waals surface area contributed by atoms with Crippen molar-refractivity contribution in [3.05, 3.63) is 41.7 Å². The van der Waals surface area contributed by atoms with Gasteiger partial charge in [-0.25, -0.2) is 14.4 Å². The Kier molecular flexibility index (Phi) is 4.68. The lowest BCUT2D eigenvalue weighted by Gasteiger charge is -2.33. The van der Waals surface area contributed by atoms with E-state index in [1.54, 1.807) is 18.6 Å². The highest BCUT2D eigenvalue weighted by molar-refractivity contribution is 6.30. The Morgan fingerprint density at radius 1 is 1.32 bits per heavy atom. The van der Waals surface area contributed by atoms with Crippen molar-refractivity contribution in [2.75, 3.05) is 24.6 Å². The maximum atomic E-state index is 14.0. The van der Waals surface area contributed by atoms with Crippen LogP contribution in [0.15, 0.2) is 30.9 Å². The first-order valence-corrected chi connectivity index (χ1v) is 7.55. The van der Waals surface area contributed by atoms with Crippen molar-refractivity contribution in [3.63, 3.8) is 0 Å². The third-order valence-corrected chi connectivity index (χ3v) is 3.82. The number of piperidine rings is 1. The van der Waals surface area contributed by atoms with Gasteiger partial charge in [-0.2, -0.15) is 0 Å². The number of anilines is 1. The van der Waals surface area contributed by atoms with Crippen LogP contribution in [-0.2, 0) is 0 Å². The van der Waals surface area contributed by atoms with Gasteiger partial charge >= 0.3 is 0 Å². The molecule has 116 valence electrons. The fourth-order valence-corrected chi connectivity index (χ4v) is 2.74. The molecular formula is C15H16ClFN4O. The van der Waals surface area contributed by atoms with Gasteiger partial charge in [-0.3, -0.25) is 4.98 Å². The Bertz CT molecular complexity index is 628. The zero-order valence-electron chi connectivity index (χ0n) is 12.0. The van der Waals surface area contributed by atoms with Crippen LogP contribution in [0.4, 0.5) is 10.2 Å². The topological polar surface area (TPSA) is 51.1 Å². The van der Waals surface area contributed by atoms with Gasteiger partial charge in [0.1, 0.15) is 0 Å². The van der Waals surface area contributed by atoms with Crippen LogP contribution >= 0.6 is 11.6 Å². The SMILES string of the molecule is Fc1cc(Cl)cnc1N1CCCC(COc2cnccn2)C1. The van der Waals surface area contributed by atoms with Crippen LogP contribution in [0.1, 0.15) is 12.8 Å². The predicted molar refractivity (Wildman–Crippen MR) is 81.7 cm³/mol. The van der Waals surface area contributed by atoms with Crippen molar-refractivity contribution in [3.8, 4) is 5.88 Å². The van der Waals surface area contributed by atoms with E-state index in [0.29, 0.717) is 35.8 Å². The summed E-state index contributed by atoms with van der Waals surface area (Å²) < 4.78 is 19.6. The van der Waals surface area contributed by atoms with Crippen LogP contribution in [0.5, 0.6) is 5.88 Å². The highest BCUT2D eigenvalue weighted by atomic mass is 35.5. The summed E-state index contributed by atoms with van der Waals surface area (Å²) in [7, 11) is 0. The molecule has 0 bridgehead atoms. The molecule has 1 saturated heterocycles. The standard InChI is InChI=1S/C15H16ClFN4O/c16-12-6-13(17)15(20-7-12)21-5-1-2-11(9-21)10-22-14-8-18-3-4-19-14/h3-4,6-8,11H,1-2,5,9-10H2. The highest BCUT2D eigenvalue weighted by Gasteiger charge is 2.23. The molecule has 2 aromatic heterocycles. The van der Waals surface area contributed by atoms with E-state index in [0.717, 1.165) is 19.4 Å². The highest BCUT2D eigenvalue weighted by Crippen LogP contribution is 2.25. The third-order valence-electron chi connectivity index (χ3n) is 3.61. The molecule has 0 aliphatic carbocycles. The number of halogens is 2. The van der Waals surface area contributed by atoms with Gasteiger partial charge in [0.2, 0.25) is 5.88 Å². The van der Waals surface area contributed by atoms with E-state index in [9.17, 15) is 4.39 Å². The minimum Gasteiger partial charge on any atom is -0.476 e. The summed E-state index contributed by atoms with van der Waals surface area (Å²) in [6.07, 6.45) is 8.25. The number of rotatable bonds is 4. The van der Waals surface area contributed by atoms with E-state index in [1.807, 2.05) is 4.90 Å². The third kappa shape index (κ3) is 3.62. The second kappa shape index (κ2) is 6.87. The van der Waals surface area contributed by atoms with Crippen LogP contribution in [0.2, 0.25) is 5.02 Å². The van der Waals surface area contributed by atoms with E-state index in [-0.39, 0.29) is 5.82 Å². The molecule has 1 fully saturated rings. The molecule has 0 amide bonds. The zero-order chi connectivity index (χ0) is 15.4. The first-order valence-electron chi connectivity index (χ1n) is 7.17. The van der Waals surface area contributed by atoms with E-state index < -0.39 is 0 Å². The fourth-order valence-electron chi connectivity index (χ4n) is 2.60. The summed E-state index contributed by atoms with van der Waals surface area (Å²) in [6.45, 7) is 2.02. The fraction of sp³-hybridized carbons (Fsp3) is 0.400. The van der Waals surface area contributed by atoms with E-state index in [4.69, 9.17) is 16.3 Å². The lowest BCUT2D eigenvalue weighted by molar-refractivity contribution is 0.220. The molecule has 1 unspecified atom stereocenters. The molecule has 3 heterocycles. The minimum atomic E-state index is -0.386. The maximum absolute atomic E-state index is 14.0. The zero-order valence-corrected chi connectivity index (χ0v) is 12.7. The molecule has 22 heavy (non-hydrogen) atoms. The van der Waals surface area contributed by atoms with Crippen molar-refractivity contribution >= 4 is 17.4 Å². The molecule has 0 saturated carbocycles. The number of hydrogen-bond donors (Lipinski definition) is 0. The van der Waals surface area contributed by atoms with Gasteiger partial charge in [0.05, 0.1) is 17.8 Å². The van der Waals surface area contributed by atoms with Crippen LogP contribution in [0.3, 0.4) is 0 Å². The summed E-state index contributed by atoms with van der Waals surface area (Å²) in [6, 6.07) is 1.30. The Labute approximate surface area is 133 Å². The van der Waals surface area contributed by atoms with Crippen LogP contribution in [-0.4, -0.2) is 34.6 Å². The number of pyridine rings is 1. The molecule has 0 aromatic carbocycles. The molecule has 7 heteroatoms. The lowest BCUT2D eigenvalue weighted by Crippen LogP contribution is -2.38. The van der Waals surface area contributed by atoms with Gasteiger partial charge in [0.25, 0.3) is 0 Å². The second-order valence-electron chi connectivity index (χ2n) is 5.27. The molecule has 3 rings (SSSR count). The average Bonchev–Trinajstić information content (AvgIpc) is 2.54. The molecule has 0 radical (unpaired) electrons. The predicted octanol–water partition coefficient (Wildman–Crippen LogP) is 2.96. The lowest BCUT2D eigenvalue weighted by atomic mass is 9.99. The number of aromatic nitrogens is 3. The molecule has 2 aromatic rings. The molecule has 1 atom stereocenters. The van der Waals surface area contributed by atoms with Gasteiger partial charge in [-0.15, -0.1) is 0 Å². The monoisotopic (exact) mass is 322 g/mol. The molecule has 0 N–H and O–H groups in total. The van der Waals surface area contributed by atoms with E-state index >= 15 is 0 Å². The van der Waals surface area contributed by atoms with Gasteiger partial charge in [-0.05, 0) is 18.9 Å². The Morgan fingerprint density at radius 2 is 2.23 bits per heavy atom. The van der Waals surface area contributed by atoms with Crippen molar-refractivity contribution < 1.29 is 9.13 Å². The van der Waals surface area contributed by atoms with Crippen molar-refractivity contribution in [1.29, 1.82) is 0 Å². The summed E-state index contributed by atoms with van der Waals surface area (Å²) in [5.41, 5.74) is 0. The first kappa shape index (κ1) is 15.0. The molecule has 5 nitrogen and oxygen atoms in total. The Hall–Kier alpha value is -1.95. The minimum absolute atomic E-state index is 0.299. The summed E-state index contributed by atoms with van der Waals surface area (Å²) in [4.78, 5) is 14.1. The number of nitrogens with zero attached hydrogens (tertiary/aromatic N) is 4. The Balaban J connectivity index is 1.61. The summed E-state index contributed by atoms with van der Waals surface area (Å²) in [5.74, 6) is 0.777. The van der Waals surface area contributed by atoms with Crippen molar-refractivity contribution in [2.45, 2.75) is 12.8 Å². The molecular weight excluding hydrogens is 307 g/mol. The second-order valence-corrected chi connectivity index (χ2v) is 5.70. The molecule has 1 aliphatic heterocycles. The van der Waals surface area contributed by atoms with Crippen LogP contribution in [0, 0.1) is 11.7 Å². The smallest absolute Gasteiger partial charge is 0.232 e. The first-order chi connectivity index (χ1) is 10.7. The maximum Gasteiger partial charge on any atom is 0.232 e. The number of ether oxygens (including phenoxy) is 1. The van der Waals surface area contributed by atoms with Crippen molar-refractivity contribution in [1.82, 2.24) is 15.0 Å². The quantitative estimate of drug-likeness (QED) is 0.866. The summed E-state index contributed by atoms with van der Waals surface area (Å²) in [5, 5.41) is 0.306.